The Bertz CT molecular complexity index is 619. The number of ether oxygens (including phenoxy) is 1. The molecule has 3 aliphatic carbocycles. The van der Waals surface area contributed by atoms with Gasteiger partial charge in [0.05, 0.1) is 12.2 Å². The quantitative estimate of drug-likeness (QED) is 0.836. The van der Waals surface area contributed by atoms with Crippen LogP contribution < -0.4 is 0 Å². The molecule has 0 aliphatic heterocycles. The minimum absolute atomic E-state index is 0.00945. The summed E-state index contributed by atoms with van der Waals surface area (Å²) in [6.07, 6.45) is 1.02. The normalized spacial score (nSPS) is 45.2. The number of rotatable bonds is 1. The first-order valence-corrected chi connectivity index (χ1v) is 8.62. The molecule has 4 unspecified atom stereocenters. The van der Waals surface area contributed by atoms with Gasteiger partial charge in [0.1, 0.15) is 11.9 Å². The number of phenols is 1. The monoisotopic (exact) mass is 319 g/mol. The highest BCUT2D eigenvalue weighted by Gasteiger charge is 2.61. The highest BCUT2D eigenvalue weighted by molar-refractivity contribution is 5.41. The molecule has 0 radical (unpaired) electrons. The lowest BCUT2D eigenvalue weighted by Crippen LogP contribution is -2.51. The summed E-state index contributed by atoms with van der Waals surface area (Å²) >= 11 is 0. The van der Waals surface area contributed by atoms with Crippen molar-refractivity contribution in [2.45, 2.75) is 56.9 Å². The van der Waals surface area contributed by atoms with Crippen LogP contribution in [0.5, 0.6) is 5.75 Å². The van der Waals surface area contributed by atoms with Crippen LogP contribution >= 0.6 is 0 Å². The van der Waals surface area contributed by atoms with Crippen LogP contribution in [0.2, 0.25) is 0 Å². The number of methoxy groups -OCH3 is 1. The molecular weight excluding hydrogens is 294 g/mol. The third-order valence-electron chi connectivity index (χ3n) is 6.90. The molecule has 2 saturated carbocycles. The number of aryl methyl sites for hydroxylation is 1. The summed E-state index contributed by atoms with van der Waals surface area (Å²) in [5.74, 6) is 1.08. The number of hydrogen-bond acceptors (Lipinski definition) is 3. The average molecular weight is 319 g/mol. The first kappa shape index (κ1) is 15.4. The van der Waals surface area contributed by atoms with Gasteiger partial charge < -0.3 is 14.9 Å². The first-order chi connectivity index (χ1) is 11.0. The van der Waals surface area contributed by atoms with Gasteiger partial charge in [0.15, 0.2) is 0 Å². The van der Waals surface area contributed by atoms with E-state index in [1.165, 1.54) is 11.1 Å². The molecule has 2 fully saturated rings. The van der Waals surface area contributed by atoms with Crippen molar-refractivity contribution in [1.82, 2.24) is 0 Å². The molecule has 126 valence electrons. The van der Waals surface area contributed by atoms with Gasteiger partial charge in [-0.3, -0.25) is 0 Å². The van der Waals surface area contributed by atoms with Crippen molar-refractivity contribution in [2.24, 2.45) is 17.3 Å². The van der Waals surface area contributed by atoms with E-state index in [4.69, 9.17) is 4.74 Å². The van der Waals surface area contributed by atoms with Crippen LogP contribution in [-0.4, -0.2) is 35.7 Å². The molecule has 3 aliphatic rings. The summed E-state index contributed by atoms with van der Waals surface area (Å²) in [5.41, 5.74) is 2.03. The van der Waals surface area contributed by atoms with Crippen molar-refractivity contribution in [3.05, 3.63) is 29.3 Å². The minimum Gasteiger partial charge on any atom is -0.508 e. The topological polar surface area (TPSA) is 49.7 Å². The summed E-state index contributed by atoms with van der Waals surface area (Å²) in [7, 11) is 1.72. The maximum atomic E-state index is 14.3. The summed E-state index contributed by atoms with van der Waals surface area (Å²) in [6.45, 7) is 2.04. The minimum atomic E-state index is -1.12. The van der Waals surface area contributed by atoms with Gasteiger partial charge in [-0.1, -0.05) is 13.0 Å². The Labute approximate surface area is 136 Å². The molecular formula is C19H25FO3. The van der Waals surface area contributed by atoms with E-state index in [0.29, 0.717) is 24.5 Å². The van der Waals surface area contributed by atoms with Gasteiger partial charge >= 0.3 is 0 Å². The van der Waals surface area contributed by atoms with E-state index in [-0.39, 0.29) is 17.9 Å². The molecule has 0 heterocycles. The highest BCUT2D eigenvalue weighted by Crippen LogP contribution is 2.61. The molecule has 1 aromatic carbocycles. The fourth-order valence-electron chi connectivity index (χ4n) is 5.79. The van der Waals surface area contributed by atoms with Gasteiger partial charge in [-0.2, -0.15) is 0 Å². The van der Waals surface area contributed by atoms with Crippen LogP contribution in [-0.2, 0) is 11.2 Å². The first-order valence-electron chi connectivity index (χ1n) is 8.62. The number of benzene rings is 1. The predicted octanol–water partition coefficient (Wildman–Crippen LogP) is 3.18. The van der Waals surface area contributed by atoms with Gasteiger partial charge in [-0.25, -0.2) is 4.39 Å². The Morgan fingerprint density at radius 2 is 2.13 bits per heavy atom. The molecule has 1 aromatic rings. The van der Waals surface area contributed by atoms with E-state index in [1.54, 1.807) is 13.2 Å². The lowest BCUT2D eigenvalue weighted by Gasteiger charge is -2.53. The van der Waals surface area contributed by atoms with Crippen LogP contribution in [0.25, 0.3) is 0 Å². The van der Waals surface area contributed by atoms with Crippen molar-refractivity contribution in [1.29, 1.82) is 0 Å². The third kappa shape index (κ3) is 2.07. The van der Waals surface area contributed by atoms with E-state index in [0.717, 1.165) is 12.8 Å². The van der Waals surface area contributed by atoms with Crippen molar-refractivity contribution in [3.63, 3.8) is 0 Å². The number of aliphatic hydroxyl groups is 1. The average Bonchev–Trinajstić information content (AvgIpc) is 2.77. The van der Waals surface area contributed by atoms with Crippen LogP contribution in [0.1, 0.15) is 43.2 Å². The second kappa shape index (κ2) is 5.18. The van der Waals surface area contributed by atoms with Gasteiger partial charge in [-0.05, 0) is 60.8 Å². The van der Waals surface area contributed by atoms with E-state index in [9.17, 15) is 14.6 Å². The Balaban J connectivity index is 1.78. The molecule has 2 N–H and O–H groups in total. The zero-order chi connectivity index (χ0) is 16.4. The third-order valence-corrected chi connectivity index (χ3v) is 6.90. The maximum Gasteiger partial charge on any atom is 0.127 e. The lowest BCUT2D eigenvalue weighted by atomic mass is 9.54. The maximum absolute atomic E-state index is 14.3. The SMILES string of the molecule is CO[C@H]1C[C@@]2(C)C(CC([18F])[C@@H]2O)C2CCc3cc(O)ccc3C21. The Hall–Kier alpha value is -1.13. The molecule has 3 nitrogen and oxygen atoms in total. The molecule has 4 rings (SSSR count). The van der Waals surface area contributed by atoms with Crippen molar-refractivity contribution >= 4 is 0 Å². The Kier molecular flexibility index (Phi) is 3.47. The van der Waals surface area contributed by atoms with Crippen molar-refractivity contribution in [3.8, 4) is 5.75 Å². The number of halogens is 1. The number of phenolic OH excluding ortho intramolecular Hbond substituents is 1. The van der Waals surface area contributed by atoms with Gasteiger partial charge in [0.2, 0.25) is 0 Å². The Morgan fingerprint density at radius 3 is 2.87 bits per heavy atom. The van der Waals surface area contributed by atoms with Crippen LogP contribution in [0.4, 0.5) is 4.39 Å². The fraction of sp³-hybridized carbons (Fsp3) is 0.684. The molecule has 0 bridgehead atoms. The molecule has 0 saturated heterocycles. The molecule has 23 heavy (non-hydrogen) atoms. The van der Waals surface area contributed by atoms with E-state index in [1.807, 2.05) is 19.1 Å². The molecule has 0 amide bonds. The standard InChI is InChI=1S/C19H25FO3/c1-19-9-16(23-2)17-12-6-4-11(21)7-10(12)3-5-13(17)14(19)8-15(20)18(19)22/h4,6-7,13-18,21-22H,3,5,8-9H2,1-2H3/t13?,14?,15?,16-,17?,18-,19-/m0/s1/i20-1. The van der Waals surface area contributed by atoms with Crippen molar-refractivity contribution in [2.75, 3.05) is 7.11 Å². The van der Waals surface area contributed by atoms with Crippen LogP contribution in [0.15, 0.2) is 18.2 Å². The van der Waals surface area contributed by atoms with E-state index >= 15 is 0 Å². The number of fused-ring (bicyclic) bond motifs is 5. The fourth-order valence-corrected chi connectivity index (χ4v) is 5.79. The second-order valence-corrected chi connectivity index (χ2v) is 7.90. The smallest absolute Gasteiger partial charge is 0.127 e. The molecule has 0 aromatic heterocycles. The Morgan fingerprint density at radius 1 is 1.35 bits per heavy atom. The molecule has 4 heteroatoms. The number of aromatic hydroxyl groups is 1. The summed E-state index contributed by atoms with van der Waals surface area (Å²) in [5, 5.41) is 20.2. The van der Waals surface area contributed by atoms with Crippen LogP contribution in [0, 0.1) is 17.3 Å². The van der Waals surface area contributed by atoms with Gasteiger partial charge in [0.25, 0.3) is 0 Å². The van der Waals surface area contributed by atoms with E-state index < -0.39 is 17.7 Å². The predicted molar refractivity (Wildman–Crippen MR) is 85.2 cm³/mol. The van der Waals surface area contributed by atoms with E-state index in [2.05, 4.69) is 0 Å². The lowest BCUT2D eigenvalue weighted by molar-refractivity contribution is -0.0977. The largest absolute Gasteiger partial charge is 0.508 e. The molecule has 7 atom stereocenters. The zero-order valence-corrected chi connectivity index (χ0v) is 13.7. The summed E-state index contributed by atoms with van der Waals surface area (Å²) in [4.78, 5) is 0. The van der Waals surface area contributed by atoms with Gasteiger partial charge in [0, 0.05) is 18.4 Å². The van der Waals surface area contributed by atoms with Gasteiger partial charge in [-0.15, -0.1) is 0 Å². The summed E-state index contributed by atoms with van der Waals surface area (Å²) < 4.78 is 20.1. The van der Waals surface area contributed by atoms with Crippen molar-refractivity contribution < 1.29 is 19.3 Å². The zero-order valence-electron chi connectivity index (χ0n) is 13.7. The number of aliphatic hydroxyl groups excluding tert-OH is 1. The molecule has 0 spiro atoms. The number of hydrogen-bond donors (Lipinski definition) is 2. The number of alkyl halides is 1. The summed E-state index contributed by atoms with van der Waals surface area (Å²) in [6, 6.07) is 5.60. The second-order valence-electron chi connectivity index (χ2n) is 7.90. The highest BCUT2D eigenvalue weighted by atomic mass is 18.2. The van der Waals surface area contributed by atoms with Crippen LogP contribution in [0.3, 0.4) is 0 Å².